The minimum atomic E-state index is -3.70. The number of benzene rings is 1. The molecule has 3 rings (SSSR count). The van der Waals surface area contributed by atoms with Crippen molar-refractivity contribution in [1.29, 1.82) is 0 Å². The smallest absolute Gasteiger partial charge is 0.294 e. The molecule has 12 nitrogen and oxygen atoms in total. The van der Waals surface area contributed by atoms with Gasteiger partial charge in [0.1, 0.15) is 10.8 Å². The molecule has 1 aliphatic heterocycles. The fourth-order valence-electron chi connectivity index (χ4n) is 3.77. The van der Waals surface area contributed by atoms with Crippen molar-refractivity contribution in [3.05, 3.63) is 57.1 Å². The Morgan fingerprint density at radius 3 is 2.78 bits per heavy atom. The number of carbonyl (C=O) groups is 1. The first-order chi connectivity index (χ1) is 17.2. The first kappa shape index (κ1) is 28.3. The average Bonchev–Trinajstić information content (AvgIpc) is 3.29. The van der Waals surface area contributed by atoms with E-state index in [1.807, 2.05) is 6.92 Å². The molecule has 0 saturated heterocycles. The molecule has 1 aromatic heterocycles. The topological polar surface area (TPSA) is 157 Å². The highest BCUT2D eigenvalue weighted by molar-refractivity contribution is 8.00. The Balaban J connectivity index is 1.73. The Labute approximate surface area is 218 Å². The Kier molecular flexibility index (Phi) is 10.1. The predicted octanol–water partition coefficient (Wildman–Crippen LogP) is 2.10. The van der Waals surface area contributed by atoms with Gasteiger partial charge in [-0.25, -0.2) is 13.4 Å². The third kappa shape index (κ3) is 6.94. The van der Waals surface area contributed by atoms with E-state index in [0.717, 1.165) is 23.3 Å². The summed E-state index contributed by atoms with van der Waals surface area (Å²) in [5.74, 6) is 5.87. The summed E-state index contributed by atoms with van der Waals surface area (Å²) in [5, 5.41) is 11.2. The number of hydrogen-bond acceptors (Lipinski definition) is 11. The number of nitrogens with zero attached hydrogens (tertiary/aromatic N) is 3. The molecule has 2 heterocycles. The number of methoxy groups -OCH3 is 1. The second-order valence-corrected chi connectivity index (χ2v) is 12.2. The third-order valence-electron chi connectivity index (χ3n) is 5.59. The molecule has 1 atom stereocenters. The Bertz CT molecular complexity index is 1170. The molecular weight excluding hydrogens is 530 g/mol. The number of amides is 1. The maximum Gasteiger partial charge on any atom is 0.294 e. The predicted molar refractivity (Wildman–Crippen MR) is 135 cm³/mol. The second kappa shape index (κ2) is 12.8. The highest BCUT2D eigenvalue weighted by Crippen LogP contribution is 2.42. The zero-order chi connectivity index (χ0) is 26.3. The molecule has 0 saturated carbocycles. The number of sulfonamides is 1. The van der Waals surface area contributed by atoms with Gasteiger partial charge in [-0.2, -0.15) is 4.31 Å². The Morgan fingerprint density at radius 1 is 1.39 bits per heavy atom. The van der Waals surface area contributed by atoms with Crippen molar-refractivity contribution < 1.29 is 27.9 Å². The highest BCUT2D eigenvalue weighted by Gasteiger charge is 2.40. The summed E-state index contributed by atoms with van der Waals surface area (Å²) in [6.07, 6.45) is 0.543. The summed E-state index contributed by atoms with van der Waals surface area (Å²) in [6.45, 7) is 3.18. The first-order valence-electron chi connectivity index (χ1n) is 11.1. The molecule has 1 amide bonds. The van der Waals surface area contributed by atoms with E-state index in [0.29, 0.717) is 47.0 Å². The Morgan fingerprint density at radius 2 is 2.11 bits per heavy atom. The van der Waals surface area contributed by atoms with Gasteiger partial charge in [-0.1, -0.05) is 31.2 Å². The molecule has 15 heteroatoms. The molecule has 198 valence electrons. The average molecular weight is 560 g/mol. The van der Waals surface area contributed by atoms with Gasteiger partial charge >= 0.3 is 0 Å². The number of ether oxygens (including phenoxy) is 1. The van der Waals surface area contributed by atoms with Crippen LogP contribution >= 0.6 is 23.3 Å². The molecule has 3 N–H and O–H groups in total. The van der Waals surface area contributed by atoms with Crippen molar-refractivity contribution in [2.75, 3.05) is 33.4 Å². The van der Waals surface area contributed by atoms with Crippen LogP contribution in [0, 0.1) is 10.1 Å². The molecule has 0 aliphatic carbocycles. The van der Waals surface area contributed by atoms with Gasteiger partial charge in [0.15, 0.2) is 0 Å². The molecule has 0 bridgehead atoms. The molecule has 0 radical (unpaired) electrons. The molecule has 2 aromatic rings. The summed E-state index contributed by atoms with van der Waals surface area (Å²) >= 11 is 2.12. The maximum atomic E-state index is 13.3. The minimum absolute atomic E-state index is 0.0179. The first-order valence-corrected chi connectivity index (χ1v) is 14.2. The molecule has 1 aromatic carbocycles. The van der Waals surface area contributed by atoms with Crippen molar-refractivity contribution in [3.63, 3.8) is 0 Å². The lowest BCUT2D eigenvalue weighted by Crippen LogP contribution is -2.47. The number of rotatable bonds is 13. The van der Waals surface area contributed by atoms with Crippen LogP contribution in [0.25, 0.3) is 0 Å². The van der Waals surface area contributed by atoms with Crippen molar-refractivity contribution in [2.45, 2.75) is 40.8 Å². The van der Waals surface area contributed by atoms with Gasteiger partial charge in [-0.3, -0.25) is 15.4 Å². The van der Waals surface area contributed by atoms with E-state index in [2.05, 4.69) is 9.56 Å². The summed E-state index contributed by atoms with van der Waals surface area (Å²) < 4.78 is 36.6. The summed E-state index contributed by atoms with van der Waals surface area (Å²) in [6, 6.07) is 8.23. The number of carbonyl (C=O) groups excluding carboxylic acids is 1. The van der Waals surface area contributed by atoms with E-state index in [4.69, 9.17) is 10.6 Å². The molecule has 0 fully saturated rings. The van der Waals surface area contributed by atoms with Crippen LogP contribution in [-0.4, -0.2) is 62.1 Å². The van der Waals surface area contributed by atoms with E-state index in [9.17, 15) is 23.3 Å². The standard InChI is InChI=1S/C21H29N5O7S3/c1-3-25(22)18-13-24(9-6-10-32-2)36(30,31)21-17(18)12-20(34-21)35-23-19(27)11-15-7-4-5-8-16(15)14-33-26(28)29/h4-5,7-8,12,18H,3,6,9-11,13-14,22H2,1-2H3,(H,23,27)/t18-/m0/s1. The monoisotopic (exact) mass is 559 g/mol. The second-order valence-electron chi connectivity index (χ2n) is 7.93. The van der Waals surface area contributed by atoms with E-state index >= 15 is 0 Å². The van der Waals surface area contributed by atoms with Crippen LogP contribution in [0.1, 0.15) is 36.1 Å². The van der Waals surface area contributed by atoms with Crippen LogP contribution in [-0.2, 0) is 37.4 Å². The Hall–Kier alpha value is -2.27. The fourth-order valence-corrected chi connectivity index (χ4v) is 8.06. The van der Waals surface area contributed by atoms with Crippen LogP contribution in [0.2, 0.25) is 0 Å². The lowest BCUT2D eigenvalue weighted by Gasteiger charge is -2.36. The normalized spacial score (nSPS) is 17.1. The van der Waals surface area contributed by atoms with Gasteiger partial charge in [0.2, 0.25) is 5.91 Å². The lowest BCUT2D eigenvalue weighted by molar-refractivity contribution is -0.763. The van der Waals surface area contributed by atoms with Gasteiger partial charge < -0.3 is 9.57 Å². The van der Waals surface area contributed by atoms with Crippen molar-refractivity contribution in [2.24, 2.45) is 5.84 Å². The van der Waals surface area contributed by atoms with Gasteiger partial charge in [-0.15, -0.1) is 21.5 Å². The van der Waals surface area contributed by atoms with Crippen molar-refractivity contribution >= 4 is 39.2 Å². The van der Waals surface area contributed by atoms with Crippen molar-refractivity contribution in [1.82, 2.24) is 14.0 Å². The number of hydrazine groups is 1. The molecular formula is C21H29N5O7S3. The number of hydrogen-bond donors (Lipinski definition) is 2. The number of fused-ring (bicyclic) bond motifs is 1. The van der Waals surface area contributed by atoms with Gasteiger partial charge in [0, 0.05) is 38.9 Å². The van der Waals surface area contributed by atoms with Gasteiger partial charge in [-0.05, 0) is 35.6 Å². The number of thiophene rings is 1. The summed E-state index contributed by atoms with van der Waals surface area (Å²) in [7, 11) is -2.13. The zero-order valence-electron chi connectivity index (χ0n) is 19.9. The molecule has 36 heavy (non-hydrogen) atoms. The van der Waals surface area contributed by atoms with E-state index in [-0.39, 0.29) is 35.7 Å². The molecule has 0 unspecified atom stereocenters. The number of nitrogens with one attached hydrogen (secondary N) is 1. The van der Waals surface area contributed by atoms with Crippen LogP contribution in [0.3, 0.4) is 0 Å². The number of nitrogens with two attached hydrogens (primary N) is 1. The maximum absolute atomic E-state index is 13.3. The molecule has 1 aliphatic rings. The lowest BCUT2D eigenvalue weighted by atomic mass is 10.1. The molecule has 0 spiro atoms. The van der Waals surface area contributed by atoms with E-state index < -0.39 is 15.1 Å². The highest BCUT2D eigenvalue weighted by atomic mass is 32.3. The van der Waals surface area contributed by atoms with Crippen LogP contribution in [0.4, 0.5) is 0 Å². The van der Waals surface area contributed by atoms with E-state index in [1.54, 1.807) is 42.5 Å². The van der Waals surface area contributed by atoms with Gasteiger partial charge in [0.25, 0.3) is 15.1 Å². The quantitative estimate of drug-likeness (QED) is 0.122. The summed E-state index contributed by atoms with van der Waals surface area (Å²) in [4.78, 5) is 27.5. The van der Waals surface area contributed by atoms with Crippen LogP contribution in [0.15, 0.2) is 38.8 Å². The van der Waals surface area contributed by atoms with Gasteiger partial charge in [0.05, 0.1) is 16.7 Å². The SMILES string of the molecule is CCN(N)[C@H]1CN(CCCOC)S(=O)(=O)c2sc(SNC(=O)Cc3ccccc3CO[N+](=O)[O-])cc21. The van der Waals surface area contributed by atoms with E-state index in [1.165, 1.54) is 4.31 Å². The summed E-state index contributed by atoms with van der Waals surface area (Å²) in [5.41, 5.74) is 1.75. The van der Waals surface area contributed by atoms with Crippen LogP contribution < -0.4 is 10.6 Å². The largest absolute Gasteiger partial charge is 0.385 e. The van der Waals surface area contributed by atoms with Crippen molar-refractivity contribution in [3.8, 4) is 0 Å². The third-order valence-corrected chi connectivity index (χ3v) is 10.1. The zero-order valence-corrected chi connectivity index (χ0v) is 22.4. The van der Waals surface area contributed by atoms with Crippen LogP contribution in [0.5, 0.6) is 0 Å². The number of likely N-dealkylation sites (N-methyl/N-ethyl adjacent to an activating group) is 1. The minimum Gasteiger partial charge on any atom is -0.385 e. The fraction of sp³-hybridized carbons (Fsp3) is 0.476.